The molecule has 7 heteroatoms. The van der Waals surface area contributed by atoms with Crippen LogP contribution in [0.1, 0.15) is 53.4 Å². The van der Waals surface area contributed by atoms with Gasteiger partial charge >= 0.3 is 0 Å². The summed E-state index contributed by atoms with van der Waals surface area (Å²) < 4.78 is 16.9. The van der Waals surface area contributed by atoms with Crippen LogP contribution in [0.3, 0.4) is 0 Å². The molecule has 0 radical (unpaired) electrons. The van der Waals surface area contributed by atoms with E-state index in [9.17, 15) is 15.2 Å². The largest absolute Gasteiger partial charge is 0.392 e. The molecule has 0 unspecified atom stereocenters. The lowest BCUT2D eigenvalue weighted by Gasteiger charge is -2.25. The number of anilines is 1. The number of aliphatic hydroxyl groups excluding tert-OH is 1. The molecule has 0 saturated carbocycles. The van der Waals surface area contributed by atoms with E-state index in [4.69, 9.17) is 0 Å². The molecule has 0 saturated heterocycles. The molecule has 1 amide bonds. The van der Waals surface area contributed by atoms with Gasteiger partial charge in [0.1, 0.15) is 17.5 Å². The minimum atomic E-state index is -0.576. The lowest BCUT2D eigenvalue weighted by molar-refractivity contribution is 0.0988. The van der Waals surface area contributed by atoms with Gasteiger partial charge in [0.25, 0.3) is 5.91 Å². The first kappa shape index (κ1) is 27.1. The van der Waals surface area contributed by atoms with Crippen LogP contribution in [-0.4, -0.2) is 27.6 Å². The van der Waals surface area contributed by atoms with Gasteiger partial charge in [0.15, 0.2) is 0 Å². The van der Waals surface area contributed by atoms with E-state index >= 15 is 4.39 Å². The van der Waals surface area contributed by atoms with E-state index in [1.165, 1.54) is 11.0 Å². The van der Waals surface area contributed by atoms with Gasteiger partial charge < -0.3 is 10.0 Å². The molecule has 2 aromatic carbocycles. The smallest absolute Gasteiger partial charge is 0.261 e. The summed E-state index contributed by atoms with van der Waals surface area (Å²) >= 11 is 0. The van der Waals surface area contributed by atoms with E-state index in [-0.39, 0.29) is 17.6 Å². The van der Waals surface area contributed by atoms with Crippen LogP contribution in [0, 0.1) is 36.9 Å². The quantitative estimate of drug-likeness (QED) is 0.370. The third kappa shape index (κ3) is 4.95. The van der Waals surface area contributed by atoms with Gasteiger partial charge in [-0.25, -0.2) is 9.37 Å². The fourth-order valence-electron chi connectivity index (χ4n) is 4.32. The Bertz CT molecular complexity index is 1510. The Kier molecular flexibility index (Phi) is 7.81. The highest BCUT2D eigenvalue weighted by Crippen LogP contribution is 2.32. The number of carbonyl (C=O) groups is 1. The summed E-state index contributed by atoms with van der Waals surface area (Å²) in [6.07, 6.45) is 11.3. The first-order chi connectivity index (χ1) is 17.6. The van der Waals surface area contributed by atoms with Crippen molar-refractivity contribution in [1.29, 1.82) is 5.26 Å². The number of terminal acetylenes is 1. The Morgan fingerprint density at radius 1 is 1.22 bits per heavy atom. The Balaban J connectivity index is 0.00000186. The molecular weight excluding hydrogens is 467 g/mol. The van der Waals surface area contributed by atoms with Crippen molar-refractivity contribution in [1.82, 2.24) is 9.55 Å². The molecule has 0 aliphatic heterocycles. The van der Waals surface area contributed by atoms with E-state index < -0.39 is 11.7 Å². The molecule has 0 spiro atoms. The molecule has 0 aliphatic carbocycles. The molecule has 4 aromatic rings. The highest BCUT2D eigenvalue weighted by Gasteiger charge is 2.26. The average Bonchev–Trinajstić information content (AvgIpc) is 3.26. The topological polar surface area (TPSA) is 82.2 Å². The number of aryl methyl sites for hydroxylation is 1. The molecule has 0 aliphatic rings. The molecule has 0 fully saturated rings. The second-order valence-corrected chi connectivity index (χ2v) is 9.60. The number of rotatable bonds is 4. The first-order valence-corrected chi connectivity index (χ1v) is 11.6. The molecule has 188 valence electrons. The number of carbonyl (C=O) groups excluding carboxylic acids is 1. The highest BCUT2D eigenvalue weighted by atomic mass is 19.1. The summed E-state index contributed by atoms with van der Waals surface area (Å²) in [5.41, 5.74) is 3.58. The second-order valence-electron chi connectivity index (χ2n) is 9.60. The minimum Gasteiger partial charge on any atom is -0.392 e. The summed E-state index contributed by atoms with van der Waals surface area (Å²) in [4.78, 5) is 19.2. The third-order valence-electron chi connectivity index (χ3n) is 6.26. The maximum atomic E-state index is 15.2. The van der Waals surface area contributed by atoms with Crippen LogP contribution >= 0.6 is 0 Å². The van der Waals surface area contributed by atoms with Crippen molar-refractivity contribution in [3.8, 4) is 24.6 Å². The number of benzene rings is 2. The van der Waals surface area contributed by atoms with Crippen molar-refractivity contribution < 1.29 is 14.3 Å². The van der Waals surface area contributed by atoms with Crippen molar-refractivity contribution in [3.63, 3.8) is 0 Å². The van der Waals surface area contributed by atoms with Gasteiger partial charge in [-0.3, -0.25) is 9.36 Å². The van der Waals surface area contributed by atoms with Crippen LogP contribution in [0.15, 0.2) is 54.9 Å². The number of halogens is 1. The van der Waals surface area contributed by atoms with Crippen LogP contribution in [0.25, 0.3) is 16.7 Å². The summed E-state index contributed by atoms with van der Waals surface area (Å²) in [6, 6.07) is 14.2. The van der Waals surface area contributed by atoms with Gasteiger partial charge in [0.05, 0.1) is 29.1 Å². The number of aromatic nitrogens is 2. The number of amides is 1. The predicted molar refractivity (Wildman–Crippen MR) is 144 cm³/mol. The first-order valence-electron chi connectivity index (χ1n) is 11.6. The molecule has 2 aromatic heterocycles. The Morgan fingerprint density at radius 3 is 2.51 bits per heavy atom. The number of hydrogen-bond donors (Lipinski definition) is 1. The molecule has 37 heavy (non-hydrogen) atoms. The predicted octanol–water partition coefficient (Wildman–Crippen LogP) is 5.66. The molecule has 4 rings (SSSR count). The number of fused-ring (bicyclic) bond motifs is 1. The zero-order chi connectivity index (χ0) is 27.5. The summed E-state index contributed by atoms with van der Waals surface area (Å²) in [6.45, 7) is 7.33. The Hall–Kier alpha value is -4.46. The summed E-state index contributed by atoms with van der Waals surface area (Å²) in [5, 5.41) is 20.6. The van der Waals surface area contributed by atoms with Gasteiger partial charge in [0, 0.05) is 30.4 Å². The molecular formula is C30H29FN4O2. The number of hydrogen-bond acceptors (Lipinski definition) is 4. The fourth-order valence-corrected chi connectivity index (χ4v) is 4.32. The Labute approximate surface area is 216 Å². The van der Waals surface area contributed by atoms with E-state index in [0.29, 0.717) is 39.1 Å². The summed E-state index contributed by atoms with van der Waals surface area (Å²) in [5.74, 6) is -1.09. The van der Waals surface area contributed by atoms with Gasteiger partial charge in [-0.05, 0) is 53.8 Å². The van der Waals surface area contributed by atoms with Crippen molar-refractivity contribution >= 4 is 22.6 Å². The molecule has 0 atom stereocenters. The van der Waals surface area contributed by atoms with Gasteiger partial charge in [0.2, 0.25) is 0 Å². The van der Waals surface area contributed by atoms with Gasteiger partial charge in [-0.2, -0.15) is 5.26 Å². The average molecular weight is 497 g/mol. The van der Waals surface area contributed by atoms with Crippen molar-refractivity contribution in [3.05, 3.63) is 88.5 Å². The number of nitriles is 1. The van der Waals surface area contributed by atoms with Crippen LogP contribution < -0.4 is 4.90 Å². The van der Waals surface area contributed by atoms with E-state index in [2.05, 4.69) is 23.9 Å². The van der Waals surface area contributed by atoms with Crippen LogP contribution in [0.5, 0.6) is 0 Å². The molecule has 1 N–H and O–H groups in total. The van der Waals surface area contributed by atoms with Crippen LogP contribution in [0.2, 0.25) is 0 Å². The van der Waals surface area contributed by atoms with E-state index in [1.54, 1.807) is 55.2 Å². The van der Waals surface area contributed by atoms with Crippen molar-refractivity contribution in [2.45, 2.75) is 39.7 Å². The fraction of sp³-hybridized carbons (Fsp3) is 0.233. The maximum Gasteiger partial charge on any atom is 0.261 e. The SMILES string of the molecule is C#C.Cc1cc(C(C)(C)C)cc(F)c1C(=O)N(C)c1cccc(-n2cc(C#N)c3cccnc32)c1CO. The van der Waals surface area contributed by atoms with Crippen molar-refractivity contribution in [2.24, 2.45) is 0 Å². The zero-order valence-electron chi connectivity index (χ0n) is 21.6. The highest BCUT2D eigenvalue weighted by molar-refractivity contribution is 6.07. The molecule has 6 nitrogen and oxygen atoms in total. The number of pyridine rings is 1. The van der Waals surface area contributed by atoms with Crippen LogP contribution in [-0.2, 0) is 12.0 Å². The second kappa shape index (κ2) is 10.7. The molecule has 0 bridgehead atoms. The normalized spacial score (nSPS) is 10.9. The third-order valence-corrected chi connectivity index (χ3v) is 6.26. The minimum absolute atomic E-state index is 0.00496. The maximum absolute atomic E-state index is 15.2. The summed E-state index contributed by atoms with van der Waals surface area (Å²) in [7, 11) is 1.56. The lowest BCUT2D eigenvalue weighted by Crippen LogP contribution is -2.29. The Morgan fingerprint density at radius 2 is 1.92 bits per heavy atom. The zero-order valence-corrected chi connectivity index (χ0v) is 21.6. The standard InChI is InChI=1S/C28H27FN4O2.C2H2/c1-17-12-19(28(2,3)4)13-22(29)25(17)27(35)32(5)23-9-6-10-24(21(23)16-34)33-15-18(14-30)20-8-7-11-31-26(20)33;1-2/h6-13,15,34H,16H2,1-5H3;1-2H. The van der Waals surface area contributed by atoms with E-state index in [1.807, 2.05) is 32.9 Å². The van der Waals surface area contributed by atoms with Crippen LogP contribution in [0.4, 0.5) is 10.1 Å². The van der Waals surface area contributed by atoms with Gasteiger partial charge in [-0.15, -0.1) is 12.8 Å². The number of nitrogens with zero attached hydrogens (tertiary/aromatic N) is 4. The number of aliphatic hydroxyl groups is 1. The molecule has 2 heterocycles. The monoisotopic (exact) mass is 496 g/mol. The van der Waals surface area contributed by atoms with Gasteiger partial charge in [-0.1, -0.05) is 32.9 Å². The lowest BCUT2D eigenvalue weighted by atomic mass is 9.85. The van der Waals surface area contributed by atoms with E-state index in [0.717, 1.165) is 5.56 Å². The van der Waals surface area contributed by atoms with Crippen molar-refractivity contribution in [2.75, 3.05) is 11.9 Å².